The Balaban J connectivity index is 2.05. The predicted molar refractivity (Wildman–Crippen MR) is 94.6 cm³/mol. The van der Waals surface area contributed by atoms with E-state index in [-0.39, 0.29) is 11.4 Å². The van der Waals surface area contributed by atoms with Crippen LogP contribution in [0.3, 0.4) is 0 Å². The molecule has 2 rings (SSSR count). The number of halogens is 1. The molecule has 0 amide bonds. The number of sulfonamides is 1. The monoisotopic (exact) mass is 369 g/mol. The van der Waals surface area contributed by atoms with Crippen molar-refractivity contribution in [3.8, 4) is 11.5 Å². The third-order valence-electron chi connectivity index (χ3n) is 3.58. The van der Waals surface area contributed by atoms with E-state index < -0.39 is 10.0 Å². The number of rotatable bonds is 7. The topological polar surface area (TPSA) is 64.6 Å². The Hall–Kier alpha value is -1.76. The van der Waals surface area contributed by atoms with Gasteiger partial charge in [-0.05, 0) is 54.8 Å². The van der Waals surface area contributed by atoms with Gasteiger partial charge in [0.1, 0.15) is 0 Å². The van der Waals surface area contributed by atoms with Crippen LogP contribution in [0.2, 0.25) is 5.02 Å². The Labute approximate surface area is 147 Å². The number of nitrogens with one attached hydrogen (secondary N) is 1. The van der Waals surface area contributed by atoms with Crippen molar-refractivity contribution < 1.29 is 17.9 Å². The van der Waals surface area contributed by atoms with Crippen LogP contribution in [0.5, 0.6) is 11.5 Å². The van der Waals surface area contributed by atoms with Crippen molar-refractivity contribution in [2.45, 2.75) is 18.2 Å². The molecular formula is C17H20ClNO4S. The van der Waals surface area contributed by atoms with Crippen molar-refractivity contribution in [1.82, 2.24) is 4.72 Å². The second-order valence-electron chi connectivity index (χ2n) is 5.25. The minimum absolute atomic E-state index is 0.235. The van der Waals surface area contributed by atoms with Crippen LogP contribution >= 0.6 is 11.6 Å². The van der Waals surface area contributed by atoms with E-state index >= 15 is 0 Å². The smallest absolute Gasteiger partial charge is 0.240 e. The maximum absolute atomic E-state index is 12.4. The third kappa shape index (κ3) is 4.41. The van der Waals surface area contributed by atoms with E-state index in [1.807, 2.05) is 12.1 Å². The summed E-state index contributed by atoms with van der Waals surface area (Å²) in [5.41, 5.74) is 1.56. The Morgan fingerprint density at radius 1 is 1.04 bits per heavy atom. The minimum Gasteiger partial charge on any atom is -0.493 e. The van der Waals surface area contributed by atoms with Crippen molar-refractivity contribution in [2.24, 2.45) is 0 Å². The zero-order chi connectivity index (χ0) is 17.7. The van der Waals surface area contributed by atoms with Gasteiger partial charge in [-0.2, -0.15) is 0 Å². The summed E-state index contributed by atoms with van der Waals surface area (Å²) in [5.74, 6) is 1.25. The molecule has 0 atom stereocenters. The van der Waals surface area contributed by atoms with E-state index in [2.05, 4.69) is 4.72 Å². The van der Waals surface area contributed by atoms with E-state index in [1.54, 1.807) is 39.3 Å². The molecule has 0 saturated heterocycles. The van der Waals surface area contributed by atoms with Gasteiger partial charge in [0.2, 0.25) is 10.0 Å². The van der Waals surface area contributed by atoms with Gasteiger partial charge in [0.15, 0.2) is 11.5 Å². The number of benzene rings is 2. The Bertz CT molecular complexity index is 821. The molecule has 0 fully saturated rings. The zero-order valence-electron chi connectivity index (χ0n) is 13.8. The number of methoxy groups -OCH3 is 2. The molecule has 0 heterocycles. The van der Waals surface area contributed by atoms with Crippen molar-refractivity contribution in [3.05, 3.63) is 52.5 Å². The van der Waals surface area contributed by atoms with Crippen LogP contribution < -0.4 is 14.2 Å². The maximum Gasteiger partial charge on any atom is 0.240 e. The van der Waals surface area contributed by atoms with E-state index in [0.29, 0.717) is 28.5 Å². The Kier molecular flexibility index (Phi) is 6.10. The molecular weight excluding hydrogens is 350 g/mol. The summed E-state index contributed by atoms with van der Waals surface area (Å²) in [6.07, 6.45) is 0.534. The summed E-state index contributed by atoms with van der Waals surface area (Å²) in [4.78, 5) is 0.235. The molecule has 0 spiro atoms. The fourth-order valence-corrected chi connectivity index (χ4v) is 3.84. The zero-order valence-corrected chi connectivity index (χ0v) is 15.4. The number of hydrogen-bond acceptors (Lipinski definition) is 4. The lowest BCUT2D eigenvalue weighted by Gasteiger charge is -2.11. The van der Waals surface area contributed by atoms with Gasteiger partial charge in [-0.3, -0.25) is 0 Å². The Morgan fingerprint density at radius 2 is 1.75 bits per heavy atom. The molecule has 1 N–H and O–H groups in total. The van der Waals surface area contributed by atoms with Crippen molar-refractivity contribution in [3.63, 3.8) is 0 Å². The number of hydrogen-bond donors (Lipinski definition) is 1. The highest BCUT2D eigenvalue weighted by Gasteiger charge is 2.16. The summed E-state index contributed by atoms with van der Waals surface area (Å²) in [7, 11) is -0.438. The SMILES string of the molecule is COc1ccc(CCNS(=O)(=O)c2ccc(Cl)cc2C)cc1OC. The molecule has 0 aliphatic heterocycles. The molecule has 24 heavy (non-hydrogen) atoms. The fourth-order valence-electron chi connectivity index (χ4n) is 2.36. The van der Waals surface area contributed by atoms with E-state index in [0.717, 1.165) is 5.56 Å². The largest absolute Gasteiger partial charge is 0.493 e. The van der Waals surface area contributed by atoms with Gasteiger partial charge in [0.25, 0.3) is 0 Å². The maximum atomic E-state index is 12.4. The molecule has 0 bridgehead atoms. The van der Waals surface area contributed by atoms with E-state index in [9.17, 15) is 8.42 Å². The minimum atomic E-state index is -3.57. The van der Waals surface area contributed by atoms with Crippen LogP contribution in [-0.4, -0.2) is 29.2 Å². The van der Waals surface area contributed by atoms with Gasteiger partial charge >= 0.3 is 0 Å². The van der Waals surface area contributed by atoms with Gasteiger partial charge in [-0.25, -0.2) is 13.1 Å². The van der Waals surface area contributed by atoms with Crippen LogP contribution in [0.15, 0.2) is 41.3 Å². The predicted octanol–water partition coefficient (Wildman–Crippen LogP) is 3.19. The molecule has 5 nitrogen and oxygen atoms in total. The van der Waals surface area contributed by atoms with Gasteiger partial charge in [0, 0.05) is 11.6 Å². The van der Waals surface area contributed by atoms with Gasteiger partial charge in [-0.15, -0.1) is 0 Å². The lowest BCUT2D eigenvalue weighted by Crippen LogP contribution is -2.26. The van der Waals surface area contributed by atoms with E-state index in [1.165, 1.54) is 6.07 Å². The van der Waals surface area contributed by atoms with Crippen molar-refractivity contribution in [1.29, 1.82) is 0 Å². The fraction of sp³-hybridized carbons (Fsp3) is 0.294. The first-order valence-electron chi connectivity index (χ1n) is 7.34. The van der Waals surface area contributed by atoms with Crippen molar-refractivity contribution >= 4 is 21.6 Å². The molecule has 0 aliphatic carbocycles. The average molecular weight is 370 g/mol. The lowest BCUT2D eigenvalue weighted by atomic mass is 10.1. The summed E-state index contributed by atoms with van der Waals surface area (Å²) in [6, 6.07) is 10.2. The van der Waals surface area contributed by atoms with Crippen molar-refractivity contribution in [2.75, 3.05) is 20.8 Å². The first-order chi connectivity index (χ1) is 11.4. The summed E-state index contributed by atoms with van der Waals surface area (Å²) in [6.45, 7) is 1.99. The van der Waals surface area contributed by atoms with Crippen LogP contribution in [0, 0.1) is 6.92 Å². The molecule has 0 unspecified atom stereocenters. The first-order valence-corrected chi connectivity index (χ1v) is 9.20. The standard InChI is InChI=1S/C17H20ClNO4S/c1-12-10-14(18)5-7-17(12)24(20,21)19-9-8-13-4-6-15(22-2)16(11-13)23-3/h4-7,10-11,19H,8-9H2,1-3H3. The molecule has 7 heteroatoms. The quantitative estimate of drug-likeness (QED) is 0.814. The van der Waals surface area contributed by atoms with Crippen LogP contribution in [0.25, 0.3) is 0 Å². The highest BCUT2D eigenvalue weighted by molar-refractivity contribution is 7.89. The van der Waals surface area contributed by atoms with Gasteiger partial charge in [0.05, 0.1) is 19.1 Å². The summed E-state index contributed by atoms with van der Waals surface area (Å²) < 4.78 is 37.8. The average Bonchev–Trinajstić information content (AvgIpc) is 2.54. The highest BCUT2D eigenvalue weighted by atomic mass is 35.5. The highest BCUT2D eigenvalue weighted by Crippen LogP contribution is 2.27. The molecule has 2 aromatic rings. The number of aryl methyl sites for hydroxylation is 1. The third-order valence-corrected chi connectivity index (χ3v) is 5.44. The summed E-state index contributed by atoms with van der Waals surface area (Å²) in [5, 5.41) is 0.511. The molecule has 130 valence electrons. The second kappa shape index (κ2) is 7.88. The number of ether oxygens (including phenoxy) is 2. The molecule has 0 aromatic heterocycles. The second-order valence-corrected chi connectivity index (χ2v) is 7.42. The summed E-state index contributed by atoms with van der Waals surface area (Å²) >= 11 is 5.87. The lowest BCUT2D eigenvalue weighted by molar-refractivity contribution is 0.354. The van der Waals surface area contributed by atoms with Crippen LogP contribution in [-0.2, 0) is 16.4 Å². The molecule has 0 aliphatic rings. The Morgan fingerprint density at radius 3 is 2.38 bits per heavy atom. The van der Waals surface area contributed by atoms with Gasteiger partial charge < -0.3 is 9.47 Å². The van der Waals surface area contributed by atoms with E-state index in [4.69, 9.17) is 21.1 Å². The van der Waals surface area contributed by atoms with Crippen LogP contribution in [0.1, 0.15) is 11.1 Å². The normalized spacial score (nSPS) is 11.3. The van der Waals surface area contributed by atoms with Crippen LogP contribution in [0.4, 0.5) is 0 Å². The molecule has 2 aromatic carbocycles. The first kappa shape index (κ1) is 18.6. The molecule has 0 saturated carbocycles. The van der Waals surface area contributed by atoms with Gasteiger partial charge in [-0.1, -0.05) is 17.7 Å². The molecule has 0 radical (unpaired) electrons.